The van der Waals surface area contributed by atoms with Gasteiger partial charge >= 0.3 is 0 Å². The van der Waals surface area contributed by atoms with Crippen LogP contribution in [0, 0.1) is 6.92 Å². The van der Waals surface area contributed by atoms with Gasteiger partial charge in [-0.2, -0.15) is 0 Å². The van der Waals surface area contributed by atoms with Crippen LogP contribution in [0.25, 0.3) is 0 Å². The molecular weight excluding hydrogens is 276 g/mol. The number of carbonyl (C=O) groups is 1. The normalized spacial score (nSPS) is 16.2. The number of anilines is 1. The van der Waals surface area contributed by atoms with E-state index in [0.717, 1.165) is 31.2 Å². The number of nitrogen functional groups attached to an aromatic ring is 1. The molecule has 1 aromatic rings. The molecule has 1 amide bonds. The topological polar surface area (TPSA) is 89.3 Å². The average molecular weight is 296 g/mol. The minimum atomic E-state index is -3.69. The molecule has 5 nitrogen and oxygen atoms in total. The summed E-state index contributed by atoms with van der Waals surface area (Å²) >= 11 is 0. The van der Waals surface area contributed by atoms with Crippen molar-refractivity contribution >= 4 is 21.4 Å². The Bertz CT molecular complexity index is 605. The fourth-order valence-corrected chi connectivity index (χ4v) is 3.88. The van der Waals surface area contributed by atoms with Crippen molar-refractivity contribution in [1.29, 1.82) is 0 Å². The third-order valence-electron chi connectivity index (χ3n) is 3.55. The van der Waals surface area contributed by atoms with E-state index in [1.54, 1.807) is 19.1 Å². The van der Waals surface area contributed by atoms with Gasteiger partial charge < -0.3 is 11.1 Å². The molecule has 20 heavy (non-hydrogen) atoms. The second kappa shape index (κ2) is 5.83. The van der Waals surface area contributed by atoms with E-state index >= 15 is 0 Å². The third kappa shape index (κ3) is 3.50. The fraction of sp³-hybridized carbons (Fsp3) is 0.500. The molecule has 3 N–H and O–H groups in total. The molecule has 0 spiro atoms. The molecular formula is C14H20N2O3S. The van der Waals surface area contributed by atoms with Crippen LogP contribution >= 0.6 is 0 Å². The number of amides is 1. The maximum Gasteiger partial charge on any atom is 0.235 e. The summed E-state index contributed by atoms with van der Waals surface area (Å²) < 4.78 is 24.5. The highest BCUT2D eigenvalue weighted by Crippen LogP contribution is 2.21. The summed E-state index contributed by atoms with van der Waals surface area (Å²) in [7, 11) is -3.69. The van der Waals surface area contributed by atoms with E-state index in [4.69, 9.17) is 5.73 Å². The molecule has 0 saturated heterocycles. The second-order valence-electron chi connectivity index (χ2n) is 5.35. The van der Waals surface area contributed by atoms with E-state index in [9.17, 15) is 13.2 Å². The summed E-state index contributed by atoms with van der Waals surface area (Å²) in [5.41, 5.74) is 6.69. The van der Waals surface area contributed by atoms with Crippen molar-refractivity contribution in [3.05, 3.63) is 23.8 Å². The van der Waals surface area contributed by atoms with Gasteiger partial charge in [0.2, 0.25) is 5.91 Å². The first-order chi connectivity index (χ1) is 9.38. The van der Waals surface area contributed by atoms with E-state index in [1.165, 1.54) is 6.07 Å². The lowest BCUT2D eigenvalue weighted by atomic mass is 10.2. The molecule has 0 aromatic heterocycles. The van der Waals surface area contributed by atoms with Crippen LogP contribution in [0.15, 0.2) is 23.1 Å². The van der Waals surface area contributed by atoms with Crippen molar-refractivity contribution in [2.24, 2.45) is 0 Å². The summed E-state index contributed by atoms with van der Waals surface area (Å²) in [4.78, 5) is 11.9. The van der Waals surface area contributed by atoms with Crippen LogP contribution in [-0.4, -0.2) is 26.1 Å². The number of hydrogen-bond donors (Lipinski definition) is 2. The minimum absolute atomic E-state index is 0.0408. The Morgan fingerprint density at radius 2 is 2.00 bits per heavy atom. The van der Waals surface area contributed by atoms with E-state index in [2.05, 4.69) is 5.32 Å². The Hall–Kier alpha value is -1.56. The summed E-state index contributed by atoms with van der Waals surface area (Å²) in [6.07, 6.45) is 4.03. The van der Waals surface area contributed by atoms with Crippen LogP contribution in [0.2, 0.25) is 0 Å². The molecule has 0 aliphatic heterocycles. The highest BCUT2D eigenvalue weighted by molar-refractivity contribution is 7.92. The smallest absolute Gasteiger partial charge is 0.235 e. The molecule has 0 radical (unpaired) electrons. The van der Waals surface area contributed by atoms with Crippen molar-refractivity contribution in [3.63, 3.8) is 0 Å². The highest BCUT2D eigenvalue weighted by atomic mass is 32.2. The molecule has 1 fully saturated rings. The van der Waals surface area contributed by atoms with Gasteiger partial charge in [-0.3, -0.25) is 4.79 Å². The summed E-state index contributed by atoms with van der Waals surface area (Å²) in [5, 5.41) is 2.78. The van der Waals surface area contributed by atoms with Crippen molar-refractivity contribution in [2.75, 3.05) is 11.5 Å². The summed E-state index contributed by atoms with van der Waals surface area (Å²) in [6, 6.07) is 4.92. The zero-order valence-electron chi connectivity index (χ0n) is 11.6. The maximum atomic E-state index is 12.2. The van der Waals surface area contributed by atoms with Gasteiger partial charge in [0.15, 0.2) is 9.84 Å². The van der Waals surface area contributed by atoms with Gasteiger partial charge in [-0.15, -0.1) is 0 Å². The van der Waals surface area contributed by atoms with Gasteiger partial charge in [-0.1, -0.05) is 18.9 Å². The van der Waals surface area contributed by atoms with Crippen LogP contribution in [0.5, 0.6) is 0 Å². The molecule has 1 saturated carbocycles. The third-order valence-corrected chi connectivity index (χ3v) is 5.21. The first-order valence-electron chi connectivity index (χ1n) is 6.77. The zero-order valence-corrected chi connectivity index (χ0v) is 12.4. The monoisotopic (exact) mass is 296 g/mol. The Labute approximate surface area is 119 Å². The number of benzene rings is 1. The van der Waals surface area contributed by atoms with Gasteiger partial charge in [0.1, 0.15) is 5.75 Å². The molecule has 0 heterocycles. The van der Waals surface area contributed by atoms with E-state index in [1.807, 2.05) is 0 Å². The molecule has 6 heteroatoms. The quantitative estimate of drug-likeness (QED) is 0.822. The lowest BCUT2D eigenvalue weighted by molar-refractivity contribution is -0.119. The van der Waals surface area contributed by atoms with Crippen LogP contribution in [0.1, 0.15) is 31.2 Å². The SMILES string of the molecule is Cc1ccc(N)c(S(=O)(=O)CC(=O)NC2CCCC2)c1. The van der Waals surface area contributed by atoms with E-state index in [-0.39, 0.29) is 16.6 Å². The van der Waals surface area contributed by atoms with Crippen molar-refractivity contribution in [3.8, 4) is 0 Å². The fourth-order valence-electron chi connectivity index (χ4n) is 2.50. The molecule has 0 bridgehead atoms. The first-order valence-corrected chi connectivity index (χ1v) is 8.42. The van der Waals surface area contributed by atoms with Gasteiger partial charge in [-0.25, -0.2) is 8.42 Å². The molecule has 2 rings (SSSR count). The second-order valence-corrected chi connectivity index (χ2v) is 7.31. The molecule has 1 aliphatic rings. The molecule has 0 unspecified atom stereocenters. The van der Waals surface area contributed by atoms with Gasteiger partial charge in [-0.05, 0) is 37.5 Å². The van der Waals surface area contributed by atoms with Gasteiger partial charge in [0.05, 0.1) is 10.6 Å². The van der Waals surface area contributed by atoms with Crippen LogP contribution in [0.4, 0.5) is 5.69 Å². The summed E-state index contributed by atoms with van der Waals surface area (Å²) in [5.74, 6) is -0.991. The van der Waals surface area contributed by atoms with E-state index < -0.39 is 21.5 Å². The number of rotatable bonds is 4. The lowest BCUT2D eigenvalue weighted by Crippen LogP contribution is -2.37. The molecule has 1 aliphatic carbocycles. The molecule has 0 atom stereocenters. The standard InChI is InChI=1S/C14H20N2O3S/c1-10-6-7-12(15)13(8-10)20(18,19)9-14(17)16-11-4-2-3-5-11/h6-8,11H,2-5,9,15H2,1H3,(H,16,17). The number of hydrogen-bond acceptors (Lipinski definition) is 4. The number of carbonyl (C=O) groups excluding carboxylic acids is 1. The maximum absolute atomic E-state index is 12.2. The number of sulfone groups is 1. The highest BCUT2D eigenvalue weighted by Gasteiger charge is 2.24. The largest absolute Gasteiger partial charge is 0.398 e. The number of aryl methyl sites for hydroxylation is 1. The Kier molecular flexibility index (Phi) is 4.32. The Balaban J connectivity index is 2.10. The molecule has 1 aromatic carbocycles. The first kappa shape index (κ1) is 14.8. The minimum Gasteiger partial charge on any atom is -0.398 e. The van der Waals surface area contributed by atoms with Crippen molar-refractivity contribution < 1.29 is 13.2 Å². The van der Waals surface area contributed by atoms with Crippen LogP contribution in [-0.2, 0) is 14.6 Å². The molecule has 110 valence electrons. The summed E-state index contributed by atoms with van der Waals surface area (Å²) in [6.45, 7) is 1.79. The zero-order chi connectivity index (χ0) is 14.8. The number of nitrogens with two attached hydrogens (primary N) is 1. The van der Waals surface area contributed by atoms with Crippen molar-refractivity contribution in [1.82, 2.24) is 5.32 Å². The Morgan fingerprint density at radius 1 is 1.35 bits per heavy atom. The van der Waals surface area contributed by atoms with E-state index in [0.29, 0.717) is 0 Å². The van der Waals surface area contributed by atoms with Gasteiger partial charge in [0, 0.05) is 6.04 Å². The lowest BCUT2D eigenvalue weighted by Gasteiger charge is -2.13. The van der Waals surface area contributed by atoms with Crippen LogP contribution in [0.3, 0.4) is 0 Å². The Morgan fingerprint density at radius 3 is 2.65 bits per heavy atom. The van der Waals surface area contributed by atoms with Crippen molar-refractivity contribution in [2.45, 2.75) is 43.5 Å². The predicted octanol–water partition coefficient (Wildman–Crippen LogP) is 1.41. The average Bonchev–Trinajstić information content (AvgIpc) is 2.84. The predicted molar refractivity (Wildman–Crippen MR) is 78.0 cm³/mol. The van der Waals surface area contributed by atoms with Gasteiger partial charge in [0.25, 0.3) is 0 Å². The number of nitrogens with one attached hydrogen (secondary N) is 1. The van der Waals surface area contributed by atoms with Crippen LogP contribution < -0.4 is 11.1 Å².